The Bertz CT molecular complexity index is 1040. The molecule has 1 atom stereocenters. The molecule has 1 unspecified atom stereocenters. The summed E-state index contributed by atoms with van der Waals surface area (Å²) in [7, 11) is 0. The van der Waals surface area contributed by atoms with E-state index in [4.69, 9.17) is 12.2 Å². The van der Waals surface area contributed by atoms with E-state index in [1.165, 1.54) is 0 Å². The quantitative estimate of drug-likeness (QED) is 0.661. The molecule has 2 amide bonds. The Hall–Kier alpha value is -2.58. The van der Waals surface area contributed by atoms with Crippen LogP contribution in [-0.4, -0.2) is 21.4 Å². The molecule has 2 N–H and O–H groups in total. The van der Waals surface area contributed by atoms with Crippen LogP contribution in [0.15, 0.2) is 41.8 Å². The fourth-order valence-electron chi connectivity index (χ4n) is 3.10. The number of para-hydroxylation sites is 1. The lowest BCUT2D eigenvalue weighted by Crippen LogP contribution is -2.24. The molecule has 0 fully saturated rings. The van der Waals surface area contributed by atoms with Gasteiger partial charge in [-0.05, 0) is 42.2 Å². The maximum absolute atomic E-state index is 12.4. The van der Waals surface area contributed by atoms with Gasteiger partial charge in [0.1, 0.15) is 11.9 Å². The van der Waals surface area contributed by atoms with E-state index in [1.54, 1.807) is 15.9 Å². The highest BCUT2D eigenvalue weighted by Gasteiger charge is 2.32. The number of aromatic nitrogens is 2. The van der Waals surface area contributed by atoms with Crippen molar-refractivity contribution in [1.82, 2.24) is 14.9 Å². The highest BCUT2D eigenvalue weighted by molar-refractivity contribution is 7.71. The molecule has 132 valence electrons. The van der Waals surface area contributed by atoms with Crippen molar-refractivity contribution in [3.05, 3.63) is 51.4 Å². The van der Waals surface area contributed by atoms with Crippen molar-refractivity contribution >= 4 is 52.1 Å². The van der Waals surface area contributed by atoms with Crippen LogP contribution >= 0.6 is 23.6 Å². The van der Waals surface area contributed by atoms with Crippen LogP contribution in [0.5, 0.6) is 0 Å². The van der Waals surface area contributed by atoms with E-state index in [9.17, 15) is 9.59 Å². The number of nitrogens with one attached hydrogen (secondary N) is 2. The van der Waals surface area contributed by atoms with Gasteiger partial charge in [0.25, 0.3) is 0 Å². The van der Waals surface area contributed by atoms with Crippen LogP contribution in [0, 0.1) is 4.77 Å². The van der Waals surface area contributed by atoms with E-state index < -0.39 is 6.04 Å². The van der Waals surface area contributed by atoms with E-state index >= 15 is 0 Å². The third-order valence-electron chi connectivity index (χ3n) is 4.36. The monoisotopic (exact) mass is 384 g/mol. The molecule has 0 spiro atoms. The summed E-state index contributed by atoms with van der Waals surface area (Å²) in [4.78, 5) is 30.1. The predicted molar refractivity (Wildman–Crippen MR) is 104 cm³/mol. The third-order valence-corrected chi connectivity index (χ3v) is 5.53. The Morgan fingerprint density at radius 2 is 2.15 bits per heavy atom. The molecule has 6 nitrogen and oxygen atoms in total. The minimum Gasteiger partial charge on any atom is -0.351 e. The van der Waals surface area contributed by atoms with Crippen LogP contribution in [0.2, 0.25) is 0 Å². The van der Waals surface area contributed by atoms with Crippen molar-refractivity contribution in [1.29, 1.82) is 0 Å². The Morgan fingerprint density at radius 3 is 2.96 bits per heavy atom. The zero-order valence-electron chi connectivity index (χ0n) is 13.8. The molecule has 0 aliphatic carbocycles. The summed E-state index contributed by atoms with van der Waals surface area (Å²) >= 11 is 6.98. The van der Waals surface area contributed by atoms with E-state index in [2.05, 4.69) is 15.6 Å². The summed E-state index contributed by atoms with van der Waals surface area (Å²) in [5.74, 6) is 0.426. The lowest BCUT2D eigenvalue weighted by molar-refractivity contribution is -0.122. The summed E-state index contributed by atoms with van der Waals surface area (Å²) in [5, 5.41) is 8.60. The van der Waals surface area contributed by atoms with Gasteiger partial charge in [0, 0.05) is 16.7 Å². The third kappa shape index (κ3) is 3.13. The van der Waals surface area contributed by atoms with E-state index in [-0.39, 0.29) is 18.2 Å². The number of fused-ring (bicyclic) bond motifs is 3. The largest absolute Gasteiger partial charge is 0.351 e. The van der Waals surface area contributed by atoms with Crippen LogP contribution in [0.4, 0.5) is 5.82 Å². The van der Waals surface area contributed by atoms with E-state index in [1.807, 2.05) is 41.8 Å². The minimum atomic E-state index is -0.512. The number of carbonyl (C=O) groups excluding carboxylic acids is 2. The minimum absolute atomic E-state index is 0.0834. The van der Waals surface area contributed by atoms with Gasteiger partial charge in [-0.25, -0.2) is 4.98 Å². The number of hydrogen-bond donors (Lipinski definition) is 2. The summed E-state index contributed by atoms with van der Waals surface area (Å²) < 4.78 is 2.08. The van der Waals surface area contributed by atoms with Gasteiger partial charge in [-0.15, -0.1) is 11.3 Å². The molecule has 26 heavy (non-hydrogen) atoms. The summed E-state index contributed by atoms with van der Waals surface area (Å²) in [6.07, 6.45) is 0.626. The molecular formula is C18H16N4O2S2. The fourth-order valence-corrected chi connectivity index (χ4v) is 4.06. The molecular weight excluding hydrogens is 368 g/mol. The molecule has 0 bridgehead atoms. The normalized spacial score (nSPS) is 15.7. The van der Waals surface area contributed by atoms with Crippen molar-refractivity contribution < 1.29 is 9.59 Å². The Morgan fingerprint density at radius 1 is 1.31 bits per heavy atom. The number of thiophene rings is 1. The number of anilines is 1. The summed E-state index contributed by atoms with van der Waals surface area (Å²) in [5.41, 5.74) is 0.749. The zero-order chi connectivity index (χ0) is 18.1. The van der Waals surface area contributed by atoms with Gasteiger partial charge in [0.2, 0.25) is 16.6 Å². The molecule has 8 heteroatoms. The second-order valence-corrected chi connectivity index (χ2v) is 7.43. The van der Waals surface area contributed by atoms with Gasteiger partial charge in [-0.3, -0.25) is 14.2 Å². The molecule has 0 radical (unpaired) electrons. The molecule has 3 aromatic rings. The van der Waals surface area contributed by atoms with Crippen LogP contribution in [0.25, 0.3) is 10.9 Å². The Balaban J connectivity index is 1.50. The average molecular weight is 384 g/mol. The maximum Gasteiger partial charge on any atom is 0.248 e. The van der Waals surface area contributed by atoms with Crippen LogP contribution < -0.4 is 10.6 Å². The lowest BCUT2D eigenvalue weighted by atomic mass is 10.1. The van der Waals surface area contributed by atoms with Crippen molar-refractivity contribution in [2.45, 2.75) is 25.4 Å². The number of benzene rings is 1. The SMILES string of the molecule is O=C(CCC1C(=O)Nc2c3ccccc3nc(=S)n21)NCc1cccs1. The highest BCUT2D eigenvalue weighted by atomic mass is 32.1. The van der Waals surface area contributed by atoms with Gasteiger partial charge in [-0.2, -0.15) is 0 Å². The van der Waals surface area contributed by atoms with Gasteiger partial charge >= 0.3 is 0 Å². The van der Waals surface area contributed by atoms with Gasteiger partial charge in [0.05, 0.1) is 12.1 Å². The first-order valence-corrected chi connectivity index (χ1v) is 9.53. The van der Waals surface area contributed by atoms with Gasteiger partial charge < -0.3 is 10.6 Å². The molecule has 1 aliphatic rings. The number of nitrogens with zero attached hydrogens (tertiary/aromatic N) is 2. The van der Waals surface area contributed by atoms with Crippen LogP contribution in [0.3, 0.4) is 0 Å². The van der Waals surface area contributed by atoms with Crippen molar-refractivity contribution in [3.8, 4) is 0 Å². The topological polar surface area (TPSA) is 76.0 Å². The fraction of sp³-hybridized carbons (Fsp3) is 0.222. The lowest BCUT2D eigenvalue weighted by Gasteiger charge is -2.13. The van der Waals surface area contributed by atoms with Crippen molar-refractivity contribution in [2.24, 2.45) is 0 Å². The maximum atomic E-state index is 12.4. The average Bonchev–Trinajstić information content (AvgIpc) is 3.26. The first-order valence-electron chi connectivity index (χ1n) is 8.25. The molecule has 0 saturated carbocycles. The first kappa shape index (κ1) is 16.9. The second-order valence-electron chi connectivity index (χ2n) is 6.03. The van der Waals surface area contributed by atoms with Crippen molar-refractivity contribution in [3.63, 3.8) is 0 Å². The summed E-state index contributed by atoms with van der Waals surface area (Å²) in [6.45, 7) is 0.509. The molecule has 1 aromatic carbocycles. The summed E-state index contributed by atoms with van der Waals surface area (Å²) in [6, 6.07) is 11.0. The zero-order valence-corrected chi connectivity index (χ0v) is 15.4. The number of rotatable bonds is 5. The second kappa shape index (κ2) is 6.97. The predicted octanol–water partition coefficient (Wildman–Crippen LogP) is 3.42. The standard InChI is InChI=1S/C18H16N4O2S2/c23-15(19-10-11-4-3-9-26-11)8-7-14-17(24)21-16-12-5-1-2-6-13(12)20-18(25)22(14)16/h1-6,9,14H,7-8,10H2,(H,19,23)(H,21,24). The number of carbonyl (C=O) groups is 2. The molecule has 3 heterocycles. The van der Waals surface area contributed by atoms with E-state index in [0.717, 1.165) is 15.8 Å². The van der Waals surface area contributed by atoms with Gasteiger partial charge in [0.15, 0.2) is 0 Å². The first-order chi connectivity index (χ1) is 12.6. The number of amides is 2. The Labute approximate surface area is 158 Å². The van der Waals surface area contributed by atoms with Crippen LogP contribution in [-0.2, 0) is 16.1 Å². The molecule has 1 aliphatic heterocycles. The Kier molecular flexibility index (Phi) is 4.52. The smallest absolute Gasteiger partial charge is 0.248 e. The van der Waals surface area contributed by atoms with Gasteiger partial charge in [-0.1, -0.05) is 18.2 Å². The molecule has 2 aromatic heterocycles. The van der Waals surface area contributed by atoms with Crippen molar-refractivity contribution in [2.75, 3.05) is 5.32 Å². The molecule has 0 saturated heterocycles. The van der Waals surface area contributed by atoms with E-state index in [0.29, 0.717) is 23.6 Å². The van der Waals surface area contributed by atoms with Crippen LogP contribution in [0.1, 0.15) is 23.8 Å². The number of hydrogen-bond acceptors (Lipinski definition) is 5. The highest BCUT2D eigenvalue weighted by Crippen LogP contribution is 2.33. The molecule has 4 rings (SSSR count).